The van der Waals surface area contributed by atoms with Crippen LogP contribution in [0, 0.1) is 0 Å². The van der Waals surface area contributed by atoms with E-state index in [9.17, 15) is 24.3 Å². The fraction of sp³-hybridized carbons (Fsp3) is 0.120. The van der Waals surface area contributed by atoms with Crippen molar-refractivity contribution in [2.75, 3.05) is 0 Å². The summed E-state index contributed by atoms with van der Waals surface area (Å²) < 4.78 is 10.3. The van der Waals surface area contributed by atoms with Crippen LogP contribution in [0.15, 0.2) is 91.0 Å². The van der Waals surface area contributed by atoms with E-state index in [1.54, 1.807) is 66.7 Å². The number of esters is 2. The molecule has 0 bridgehead atoms. The average Bonchev–Trinajstić information content (AvgIpc) is 2.86. The number of nitrogens with one attached hydrogen (secondary N) is 1. The first kappa shape index (κ1) is 23.2. The molecule has 0 saturated heterocycles. The topological polar surface area (TPSA) is 119 Å². The van der Waals surface area contributed by atoms with Crippen molar-refractivity contribution in [2.24, 2.45) is 0 Å². The van der Waals surface area contributed by atoms with Crippen LogP contribution in [-0.2, 0) is 25.6 Å². The first-order chi connectivity index (χ1) is 16.0. The van der Waals surface area contributed by atoms with Gasteiger partial charge in [-0.2, -0.15) is 0 Å². The Kier molecular flexibility index (Phi) is 7.91. The van der Waals surface area contributed by atoms with Crippen LogP contribution in [0.5, 0.6) is 0 Å². The monoisotopic (exact) mass is 447 g/mol. The molecule has 0 saturated carbocycles. The molecule has 0 unspecified atom stereocenters. The molecule has 3 rings (SSSR count). The second kappa shape index (κ2) is 11.2. The number of carbonyl (C=O) groups excluding carboxylic acids is 3. The number of ether oxygens (including phenoxy) is 2. The molecule has 1 amide bonds. The quantitative estimate of drug-likeness (QED) is 0.484. The maximum atomic E-state index is 12.9. The van der Waals surface area contributed by atoms with Crippen molar-refractivity contribution < 1.29 is 33.8 Å². The number of hydrogen-bond acceptors (Lipinski definition) is 6. The smallest absolute Gasteiger partial charge is 0.349 e. The number of amides is 1. The van der Waals surface area contributed by atoms with E-state index >= 15 is 0 Å². The minimum absolute atomic E-state index is 0.0536. The summed E-state index contributed by atoms with van der Waals surface area (Å²) in [6.45, 7) is 0.0536. The molecule has 0 aliphatic rings. The zero-order chi connectivity index (χ0) is 23.6. The zero-order valence-corrected chi connectivity index (χ0v) is 17.4. The van der Waals surface area contributed by atoms with Gasteiger partial charge in [0.15, 0.2) is 0 Å². The highest BCUT2D eigenvalue weighted by atomic mass is 16.6. The molecule has 0 spiro atoms. The lowest BCUT2D eigenvalue weighted by Crippen LogP contribution is -2.50. The summed E-state index contributed by atoms with van der Waals surface area (Å²) in [5.74, 6) is -4.46. The molecule has 33 heavy (non-hydrogen) atoms. The van der Waals surface area contributed by atoms with Crippen molar-refractivity contribution in [2.45, 2.75) is 18.8 Å². The van der Waals surface area contributed by atoms with Crippen LogP contribution in [0.4, 0.5) is 0 Å². The maximum absolute atomic E-state index is 12.9. The van der Waals surface area contributed by atoms with Gasteiger partial charge in [0.25, 0.3) is 5.91 Å². The van der Waals surface area contributed by atoms with Crippen LogP contribution in [0.3, 0.4) is 0 Å². The second-order valence-corrected chi connectivity index (χ2v) is 6.93. The molecule has 0 aliphatic carbocycles. The van der Waals surface area contributed by atoms with Gasteiger partial charge < -0.3 is 19.9 Å². The van der Waals surface area contributed by atoms with Crippen LogP contribution in [-0.4, -0.2) is 41.1 Å². The number of hydrogen-bond donors (Lipinski definition) is 2. The van der Waals surface area contributed by atoms with Crippen molar-refractivity contribution in [3.05, 3.63) is 108 Å². The standard InChI is InChI=1S/C25H21NO7/c27-22(26-16-17-10-4-1-5-11-17)20(32-24(30)18-12-6-2-7-13-18)21(23(28)29)33-25(31)19-14-8-3-9-15-19/h1-15,20-21H,16H2,(H,26,27)(H,28,29)/t20-,21+/m1/s1. The van der Waals surface area contributed by atoms with Gasteiger partial charge in [-0.15, -0.1) is 0 Å². The Morgan fingerprint density at radius 2 is 1.09 bits per heavy atom. The number of carboxylic acids is 1. The van der Waals surface area contributed by atoms with Crippen LogP contribution < -0.4 is 5.32 Å². The SMILES string of the molecule is O=C(O[C@H](C(=O)O)[C@@H](OC(=O)c1ccccc1)C(=O)NCc1ccccc1)c1ccccc1. The Morgan fingerprint density at radius 3 is 1.55 bits per heavy atom. The first-order valence-corrected chi connectivity index (χ1v) is 10.0. The van der Waals surface area contributed by atoms with Crippen LogP contribution in [0.1, 0.15) is 26.3 Å². The van der Waals surface area contributed by atoms with E-state index in [-0.39, 0.29) is 17.7 Å². The number of rotatable bonds is 9. The van der Waals surface area contributed by atoms with Gasteiger partial charge in [0.05, 0.1) is 11.1 Å². The molecule has 0 aromatic heterocycles. The normalized spacial score (nSPS) is 12.1. The summed E-state index contributed by atoms with van der Waals surface area (Å²) >= 11 is 0. The lowest BCUT2D eigenvalue weighted by atomic mass is 10.1. The third-order valence-corrected chi connectivity index (χ3v) is 4.57. The van der Waals surface area contributed by atoms with Gasteiger partial charge in [-0.1, -0.05) is 66.7 Å². The van der Waals surface area contributed by atoms with Gasteiger partial charge in [0.1, 0.15) is 0 Å². The molecule has 0 radical (unpaired) electrons. The van der Waals surface area contributed by atoms with Gasteiger partial charge >= 0.3 is 17.9 Å². The Labute approximate surface area is 189 Å². The number of aliphatic carboxylic acids is 1. The maximum Gasteiger partial charge on any atom is 0.349 e. The molecule has 8 heteroatoms. The van der Waals surface area contributed by atoms with Gasteiger partial charge in [-0.3, -0.25) is 4.79 Å². The lowest BCUT2D eigenvalue weighted by Gasteiger charge is -2.23. The third kappa shape index (κ3) is 6.51. The second-order valence-electron chi connectivity index (χ2n) is 6.93. The minimum Gasteiger partial charge on any atom is -0.478 e. The molecule has 0 heterocycles. The average molecular weight is 447 g/mol. The number of carbonyl (C=O) groups is 4. The van der Waals surface area contributed by atoms with E-state index in [1.165, 1.54) is 24.3 Å². The minimum atomic E-state index is -2.07. The summed E-state index contributed by atoms with van der Waals surface area (Å²) in [5.41, 5.74) is 0.936. The van der Waals surface area contributed by atoms with Gasteiger partial charge in [-0.25, -0.2) is 14.4 Å². The molecule has 3 aromatic rings. The van der Waals surface area contributed by atoms with Crippen molar-refractivity contribution in [1.29, 1.82) is 0 Å². The van der Waals surface area contributed by atoms with E-state index in [0.29, 0.717) is 0 Å². The van der Waals surface area contributed by atoms with Crippen LogP contribution in [0.25, 0.3) is 0 Å². The summed E-state index contributed by atoms with van der Waals surface area (Å²) in [4.78, 5) is 49.9. The predicted molar refractivity (Wildman–Crippen MR) is 117 cm³/mol. The highest BCUT2D eigenvalue weighted by molar-refractivity contribution is 5.96. The van der Waals surface area contributed by atoms with Crippen molar-refractivity contribution in [3.8, 4) is 0 Å². The van der Waals surface area contributed by atoms with Gasteiger partial charge in [0.2, 0.25) is 12.2 Å². The van der Waals surface area contributed by atoms with Crippen LogP contribution in [0.2, 0.25) is 0 Å². The van der Waals surface area contributed by atoms with Crippen molar-refractivity contribution in [3.63, 3.8) is 0 Å². The number of benzene rings is 3. The summed E-state index contributed by atoms with van der Waals surface area (Å²) in [7, 11) is 0. The van der Waals surface area contributed by atoms with Crippen LogP contribution >= 0.6 is 0 Å². The van der Waals surface area contributed by atoms with E-state index in [0.717, 1.165) is 5.56 Å². The Bertz CT molecular complexity index is 1100. The largest absolute Gasteiger partial charge is 0.478 e. The van der Waals surface area contributed by atoms with E-state index in [1.807, 2.05) is 0 Å². The fourth-order valence-electron chi connectivity index (χ4n) is 2.90. The molecule has 2 atom stereocenters. The Hall–Kier alpha value is -4.46. The summed E-state index contributed by atoms with van der Waals surface area (Å²) in [5, 5.41) is 12.2. The first-order valence-electron chi connectivity index (χ1n) is 10.0. The molecule has 2 N–H and O–H groups in total. The Balaban J connectivity index is 1.83. The van der Waals surface area contributed by atoms with E-state index in [4.69, 9.17) is 9.47 Å². The summed E-state index contributed by atoms with van der Waals surface area (Å²) in [6, 6.07) is 24.3. The molecule has 168 valence electrons. The number of carboxylic acid groups (broad SMARTS) is 1. The zero-order valence-electron chi connectivity index (χ0n) is 17.4. The predicted octanol–water partition coefficient (Wildman–Crippen LogP) is 2.84. The van der Waals surface area contributed by atoms with E-state index in [2.05, 4.69) is 5.32 Å². The van der Waals surface area contributed by atoms with Crippen molar-refractivity contribution in [1.82, 2.24) is 5.32 Å². The highest BCUT2D eigenvalue weighted by Crippen LogP contribution is 2.14. The van der Waals surface area contributed by atoms with Gasteiger partial charge in [0, 0.05) is 6.54 Å². The molecular formula is C25H21NO7. The van der Waals surface area contributed by atoms with Crippen molar-refractivity contribution >= 4 is 23.8 Å². The molecular weight excluding hydrogens is 426 g/mol. The molecule has 0 aliphatic heterocycles. The molecule has 8 nitrogen and oxygen atoms in total. The molecule has 3 aromatic carbocycles. The molecule has 0 fully saturated rings. The fourth-order valence-corrected chi connectivity index (χ4v) is 2.90. The third-order valence-electron chi connectivity index (χ3n) is 4.57. The summed E-state index contributed by atoms with van der Waals surface area (Å²) in [6.07, 6.45) is -3.99. The highest BCUT2D eigenvalue weighted by Gasteiger charge is 2.40. The van der Waals surface area contributed by atoms with E-state index < -0.39 is 36.0 Å². The lowest BCUT2D eigenvalue weighted by molar-refractivity contribution is -0.159. The van der Waals surface area contributed by atoms with Gasteiger partial charge in [-0.05, 0) is 29.8 Å². The Morgan fingerprint density at radius 1 is 0.667 bits per heavy atom.